The summed E-state index contributed by atoms with van der Waals surface area (Å²) in [5.74, 6) is -2.24. The van der Waals surface area contributed by atoms with Crippen LogP contribution in [0.1, 0.15) is 31.4 Å². The molecule has 2 N–H and O–H groups in total. The fourth-order valence-corrected chi connectivity index (χ4v) is 3.85. The molecule has 0 fully saturated rings. The van der Waals surface area contributed by atoms with Crippen molar-refractivity contribution in [2.24, 2.45) is 5.92 Å². The fourth-order valence-electron chi connectivity index (χ4n) is 3.63. The zero-order valence-electron chi connectivity index (χ0n) is 13.8. The second-order valence-corrected chi connectivity index (χ2v) is 6.36. The number of allylic oxidation sites excluding steroid dienone is 2. The van der Waals surface area contributed by atoms with Crippen LogP contribution in [0.15, 0.2) is 47.6 Å². The van der Waals surface area contributed by atoms with Gasteiger partial charge in [-0.15, -0.1) is 11.6 Å². The smallest absolute Gasteiger partial charge is 0.331 e. The van der Waals surface area contributed by atoms with E-state index >= 15 is 0 Å². The van der Waals surface area contributed by atoms with Crippen molar-refractivity contribution in [2.75, 3.05) is 5.88 Å². The van der Waals surface area contributed by atoms with Gasteiger partial charge in [0.05, 0.1) is 0 Å². The number of halogens is 1. The molecule has 1 aliphatic rings. The van der Waals surface area contributed by atoms with Gasteiger partial charge in [0, 0.05) is 17.4 Å². The number of aliphatic carboxylic acids is 2. The highest BCUT2D eigenvalue weighted by Crippen LogP contribution is 2.47. The minimum absolute atomic E-state index is 0.135. The molecule has 4 nitrogen and oxygen atoms in total. The third-order valence-corrected chi connectivity index (χ3v) is 5.01. The molecule has 1 aromatic carbocycles. The lowest BCUT2D eigenvalue weighted by atomic mass is 9.60. The molecule has 128 valence electrons. The third-order valence-electron chi connectivity index (χ3n) is 4.82. The van der Waals surface area contributed by atoms with Crippen molar-refractivity contribution in [1.82, 2.24) is 0 Å². The summed E-state index contributed by atoms with van der Waals surface area (Å²) in [6, 6.07) is 7.28. The molecule has 0 aliphatic heterocycles. The highest BCUT2D eigenvalue weighted by Gasteiger charge is 2.51. The maximum Gasteiger partial charge on any atom is 0.331 e. The number of rotatable bonds is 6. The highest BCUT2D eigenvalue weighted by atomic mass is 35.5. The van der Waals surface area contributed by atoms with E-state index in [1.54, 1.807) is 25.1 Å². The summed E-state index contributed by atoms with van der Waals surface area (Å²) in [7, 11) is 0. The monoisotopic (exact) mass is 348 g/mol. The minimum Gasteiger partial charge on any atom is -0.480 e. The molecule has 2 rings (SSSR count). The molecule has 0 aromatic heterocycles. The summed E-state index contributed by atoms with van der Waals surface area (Å²) < 4.78 is 0. The Labute approximate surface area is 146 Å². The van der Waals surface area contributed by atoms with Crippen LogP contribution in [0.3, 0.4) is 0 Å². The van der Waals surface area contributed by atoms with E-state index in [2.05, 4.69) is 0 Å². The van der Waals surface area contributed by atoms with Crippen molar-refractivity contribution < 1.29 is 19.8 Å². The van der Waals surface area contributed by atoms with E-state index in [0.29, 0.717) is 29.9 Å². The molecule has 0 radical (unpaired) electrons. The molecule has 1 aromatic rings. The van der Waals surface area contributed by atoms with Crippen molar-refractivity contribution in [3.05, 3.63) is 58.7 Å². The first-order valence-corrected chi connectivity index (χ1v) is 8.44. The van der Waals surface area contributed by atoms with E-state index in [1.807, 2.05) is 19.1 Å². The number of carboxylic acid groups (broad SMARTS) is 2. The molecule has 0 heterocycles. The van der Waals surface area contributed by atoms with Crippen molar-refractivity contribution in [3.63, 3.8) is 0 Å². The van der Waals surface area contributed by atoms with E-state index in [-0.39, 0.29) is 5.57 Å². The van der Waals surface area contributed by atoms with E-state index in [1.165, 1.54) is 6.08 Å². The maximum absolute atomic E-state index is 12.4. The van der Waals surface area contributed by atoms with Crippen LogP contribution in [0.2, 0.25) is 0 Å². The van der Waals surface area contributed by atoms with Crippen LogP contribution in [0, 0.1) is 5.92 Å². The molecule has 5 heteroatoms. The zero-order valence-corrected chi connectivity index (χ0v) is 14.5. The molecule has 24 heavy (non-hydrogen) atoms. The number of carboxylic acids is 2. The van der Waals surface area contributed by atoms with Crippen molar-refractivity contribution in [2.45, 2.75) is 32.1 Å². The quantitative estimate of drug-likeness (QED) is 0.767. The number of alkyl halides is 1. The summed E-state index contributed by atoms with van der Waals surface area (Å²) in [5.41, 5.74) is 1.03. The third kappa shape index (κ3) is 2.86. The summed E-state index contributed by atoms with van der Waals surface area (Å²) >= 11 is 5.75. The van der Waals surface area contributed by atoms with Crippen molar-refractivity contribution >= 4 is 23.5 Å². The van der Waals surface area contributed by atoms with E-state index < -0.39 is 23.3 Å². The van der Waals surface area contributed by atoms with E-state index in [4.69, 9.17) is 11.6 Å². The summed E-state index contributed by atoms with van der Waals surface area (Å²) in [4.78, 5) is 24.0. The minimum atomic E-state index is -1.36. The van der Waals surface area contributed by atoms with Crippen LogP contribution in [-0.2, 0) is 21.4 Å². The van der Waals surface area contributed by atoms with Gasteiger partial charge in [0.25, 0.3) is 0 Å². The second kappa shape index (κ2) is 7.22. The maximum atomic E-state index is 12.4. The molecular formula is C19H21ClO4. The second-order valence-electron chi connectivity index (χ2n) is 5.99. The lowest BCUT2D eigenvalue weighted by molar-refractivity contribution is -0.144. The standard InChI is InChI=1S/C19H21ClO4/c1-3-16-15(17(21)22)9-4-12(2)19(16,18(23)24)14-7-5-13(6-8-14)10-11-20/h4-9,16H,3,10-11H2,1-2H3,(H,21,22)(H,23,24). The number of carbonyl (C=O) groups is 2. The largest absolute Gasteiger partial charge is 0.480 e. The molecule has 1 aliphatic carbocycles. The van der Waals surface area contributed by atoms with Crippen LogP contribution >= 0.6 is 11.6 Å². The zero-order chi connectivity index (χ0) is 17.9. The van der Waals surface area contributed by atoms with Crippen LogP contribution in [-0.4, -0.2) is 28.0 Å². The van der Waals surface area contributed by atoms with Gasteiger partial charge in [0.15, 0.2) is 0 Å². The molecule has 0 spiro atoms. The number of hydrogen-bond acceptors (Lipinski definition) is 2. The molecule has 0 bridgehead atoms. The Balaban J connectivity index is 2.65. The highest BCUT2D eigenvalue weighted by molar-refractivity contribution is 6.18. The number of benzene rings is 1. The summed E-state index contributed by atoms with van der Waals surface area (Å²) in [6.45, 7) is 3.57. The Bertz CT molecular complexity index is 703. The molecule has 2 unspecified atom stereocenters. The Morgan fingerprint density at radius 2 is 1.79 bits per heavy atom. The number of hydrogen-bond donors (Lipinski definition) is 2. The Morgan fingerprint density at radius 1 is 1.17 bits per heavy atom. The van der Waals surface area contributed by atoms with E-state index in [9.17, 15) is 19.8 Å². The number of aryl methyl sites for hydroxylation is 1. The van der Waals surface area contributed by atoms with Gasteiger partial charge in [-0.05, 0) is 30.9 Å². The normalized spacial score (nSPS) is 23.4. The predicted octanol–water partition coefficient (Wildman–Crippen LogP) is 3.79. The Morgan fingerprint density at radius 3 is 2.25 bits per heavy atom. The summed E-state index contributed by atoms with van der Waals surface area (Å²) in [6.07, 6.45) is 4.25. The molecule has 0 saturated heterocycles. The van der Waals surface area contributed by atoms with Crippen LogP contribution in [0.5, 0.6) is 0 Å². The van der Waals surface area contributed by atoms with Gasteiger partial charge in [-0.25, -0.2) is 4.79 Å². The average Bonchev–Trinajstić information content (AvgIpc) is 2.55. The van der Waals surface area contributed by atoms with Crippen molar-refractivity contribution in [1.29, 1.82) is 0 Å². The van der Waals surface area contributed by atoms with Crippen LogP contribution < -0.4 is 0 Å². The first-order chi connectivity index (χ1) is 11.4. The topological polar surface area (TPSA) is 74.6 Å². The molecule has 0 amide bonds. The van der Waals surface area contributed by atoms with Gasteiger partial charge in [0.2, 0.25) is 0 Å². The van der Waals surface area contributed by atoms with Gasteiger partial charge >= 0.3 is 11.9 Å². The van der Waals surface area contributed by atoms with Gasteiger partial charge in [-0.1, -0.05) is 48.9 Å². The molecule has 0 saturated carbocycles. The van der Waals surface area contributed by atoms with Crippen LogP contribution in [0.4, 0.5) is 0 Å². The predicted molar refractivity (Wildman–Crippen MR) is 93.4 cm³/mol. The van der Waals surface area contributed by atoms with E-state index in [0.717, 1.165) is 5.56 Å². The summed E-state index contributed by atoms with van der Waals surface area (Å²) in [5, 5.41) is 19.6. The van der Waals surface area contributed by atoms with Crippen molar-refractivity contribution in [3.8, 4) is 0 Å². The molecule has 2 atom stereocenters. The van der Waals surface area contributed by atoms with Crippen LogP contribution in [0.25, 0.3) is 0 Å². The van der Waals surface area contributed by atoms with Gasteiger partial charge < -0.3 is 10.2 Å². The average molecular weight is 349 g/mol. The Hall–Kier alpha value is -2.07. The Kier molecular flexibility index (Phi) is 5.50. The first kappa shape index (κ1) is 18.3. The van der Waals surface area contributed by atoms with Gasteiger partial charge in [-0.2, -0.15) is 0 Å². The molecular weight excluding hydrogens is 328 g/mol. The SMILES string of the molecule is CCC1C(C(=O)O)=CC=C(C)C1(C(=O)O)c1ccc(CCCl)cc1. The van der Waals surface area contributed by atoms with Gasteiger partial charge in [0.1, 0.15) is 5.41 Å². The lowest BCUT2D eigenvalue weighted by Gasteiger charge is -2.40. The lowest BCUT2D eigenvalue weighted by Crippen LogP contribution is -2.47. The fraction of sp³-hybridized carbons (Fsp3) is 0.368. The first-order valence-electron chi connectivity index (χ1n) is 7.90. The van der Waals surface area contributed by atoms with Gasteiger partial charge in [-0.3, -0.25) is 4.79 Å².